The van der Waals surface area contributed by atoms with E-state index in [1.807, 2.05) is 4.57 Å². The van der Waals surface area contributed by atoms with Crippen LogP contribution in [0.3, 0.4) is 0 Å². The molecule has 0 saturated heterocycles. The Bertz CT molecular complexity index is 926. The molecule has 0 aliphatic rings. The molecule has 30 heavy (non-hydrogen) atoms. The van der Waals surface area contributed by atoms with Crippen molar-refractivity contribution in [3.63, 3.8) is 0 Å². The summed E-state index contributed by atoms with van der Waals surface area (Å²) in [5.74, 6) is -0.479. The van der Waals surface area contributed by atoms with Crippen molar-refractivity contribution in [2.45, 2.75) is 58.9 Å². The minimum Gasteiger partial charge on any atom is -0.462 e. The number of fused-ring (bicyclic) bond motifs is 1. The van der Waals surface area contributed by atoms with Crippen molar-refractivity contribution in [1.29, 1.82) is 0 Å². The summed E-state index contributed by atoms with van der Waals surface area (Å²) >= 11 is 0. The van der Waals surface area contributed by atoms with E-state index in [1.54, 1.807) is 24.5 Å². The smallest absolute Gasteiger partial charge is 0.338 e. The molecular formula is C22H26F4N2O2. The van der Waals surface area contributed by atoms with E-state index >= 15 is 0 Å². The Morgan fingerprint density at radius 2 is 1.60 bits per heavy atom. The standard InChI is InChI=1S/C22H26F4N2O2/c1-15(20(23)24)7-3-5-11-28-14-27-18-10-9-17(13-19(18)28)22(29)30-12-6-4-8-16(2)21(25)26/h9-10,13-14H,3-8,11-12H2,1-2H3. The number of rotatable bonds is 11. The van der Waals surface area contributed by atoms with E-state index in [-0.39, 0.29) is 24.2 Å². The number of carbonyl (C=O) groups is 1. The number of imidazole rings is 1. The number of nitrogens with zero attached hydrogens (tertiary/aromatic N) is 2. The van der Waals surface area contributed by atoms with Gasteiger partial charge in [-0.25, -0.2) is 9.78 Å². The van der Waals surface area contributed by atoms with Gasteiger partial charge < -0.3 is 9.30 Å². The molecule has 0 fully saturated rings. The Morgan fingerprint density at radius 1 is 0.967 bits per heavy atom. The number of unbranched alkanes of at least 4 members (excludes halogenated alkanes) is 2. The maximum Gasteiger partial charge on any atom is 0.338 e. The molecule has 0 amide bonds. The van der Waals surface area contributed by atoms with Crippen LogP contribution < -0.4 is 0 Å². The van der Waals surface area contributed by atoms with E-state index in [0.29, 0.717) is 44.2 Å². The van der Waals surface area contributed by atoms with Gasteiger partial charge >= 0.3 is 5.97 Å². The Kier molecular flexibility index (Phi) is 9.08. The molecular weight excluding hydrogens is 400 g/mol. The SMILES string of the molecule is CC(CCCCOC(=O)c1ccc2ncn(CCCCC(C)=C(F)F)c2c1)=C(F)F. The van der Waals surface area contributed by atoms with Gasteiger partial charge in [-0.05, 0) is 81.7 Å². The average Bonchev–Trinajstić information content (AvgIpc) is 3.12. The number of allylic oxidation sites excluding steroid dienone is 2. The zero-order valence-corrected chi connectivity index (χ0v) is 17.2. The minimum absolute atomic E-state index is 0.0565. The fraction of sp³-hybridized carbons (Fsp3) is 0.455. The number of benzene rings is 1. The monoisotopic (exact) mass is 426 g/mol. The summed E-state index contributed by atoms with van der Waals surface area (Å²) in [6, 6.07) is 5.06. The molecule has 164 valence electrons. The second kappa shape index (κ2) is 11.5. The largest absolute Gasteiger partial charge is 0.462 e. The topological polar surface area (TPSA) is 44.1 Å². The highest BCUT2D eigenvalue weighted by atomic mass is 19.3. The van der Waals surface area contributed by atoms with Crippen LogP contribution in [0.15, 0.2) is 47.8 Å². The quantitative estimate of drug-likeness (QED) is 0.224. The molecule has 0 aliphatic heterocycles. The van der Waals surface area contributed by atoms with Gasteiger partial charge in [0, 0.05) is 6.54 Å². The molecule has 0 N–H and O–H groups in total. The molecule has 0 unspecified atom stereocenters. The van der Waals surface area contributed by atoms with Gasteiger partial charge in [-0.3, -0.25) is 0 Å². The molecule has 2 rings (SSSR count). The van der Waals surface area contributed by atoms with Gasteiger partial charge in [0.15, 0.2) is 0 Å². The molecule has 8 heteroatoms. The normalized spacial score (nSPS) is 10.9. The summed E-state index contributed by atoms with van der Waals surface area (Å²) < 4.78 is 56.7. The first-order valence-corrected chi connectivity index (χ1v) is 9.93. The number of aryl methyl sites for hydroxylation is 1. The van der Waals surface area contributed by atoms with Crippen molar-refractivity contribution in [3.8, 4) is 0 Å². The molecule has 0 aliphatic carbocycles. The Labute approximate surface area is 173 Å². The van der Waals surface area contributed by atoms with E-state index < -0.39 is 18.1 Å². The summed E-state index contributed by atoms with van der Waals surface area (Å²) in [6.45, 7) is 3.58. The first kappa shape index (κ1) is 23.6. The third kappa shape index (κ3) is 7.00. The number of hydrogen-bond acceptors (Lipinski definition) is 3. The summed E-state index contributed by atoms with van der Waals surface area (Å²) in [7, 11) is 0. The van der Waals surface area contributed by atoms with Crippen molar-refractivity contribution in [2.75, 3.05) is 6.61 Å². The van der Waals surface area contributed by atoms with E-state index in [1.165, 1.54) is 13.8 Å². The van der Waals surface area contributed by atoms with Crippen molar-refractivity contribution < 1.29 is 27.1 Å². The first-order valence-electron chi connectivity index (χ1n) is 9.93. The summed E-state index contributed by atoms with van der Waals surface area (Å²) in [5.41, 5.74) is 2.05. The molecule has 0 saturated carbocycles. The highest BCUT2D eigenvalue weighted by Crippen LogP contribution is 2.19. The number of ether oxygens (including phenoxy) is 1. The highest BCUT2D eigenvalue weighted by Gasteiger charge is 2.11. The van der Waals surface area contributed by atoms with Crippen LogP contribution in [-0.2, 0) is 11.3 Å². The van der Waals surface area contributed by atoms with E-state index in [9.17, 15) is 22.4 Å². The van der Waals surface area contributed by atoms with E-state index in [0.717, 1.165) is 11.0 Å². The zero-order valence-electron chi connectivity index (χ0n) is 17.2. The van der Waals surface area contributed by atoms with Gasteiger partial charge in [0.05, 0.1) is 29.5 Å². The third-order valence-corrected chi connectivity index (χ3v) is 4.88. The van der Waals surface area contributed by atoms with Crippen LogP contribution in [0.4, 0.5) is 17.6 Å². The molecule has 1 aromatic heterocycles. The molecule has 1 aromatic carbocycles. The van der Waals surface area contributed by atoms with Gasteiger partial charge in [-0.1, -0.05) is 0 Å². The van der Waals surface area contributed by atoms with Gasteiger partial charge in [0.2, 0.25) is 0 Å². The minimum atomic E-state index is -1.65. The predicted molar refractivity (Wildman–Crippen MR) is 108 cm³/mol. The summed E-state index contributed by atoms with van der Waals surface area (Å²) in [6.07, 6.45) is 1.37. The number of aromatic nitrogens is 2. The Morgan fingerprint density at radius 3 is 2.23 bits per heavy atom. The average molecular weight is 426 g/mol. The van der Waals surface area contributed by atoms with Gasteiger partial charge in [-0.2, -0.15) is 17.6 Å². The van der Waals surface area contributed by atoms with Crippen LogP contribution in [0.5, 0.6) is 0 Å². The zero-order chi connectivity index (χ0) is 22.1. The van der Waals surface area contributed by atoms with Gasteiger partial charge in [0.1, 0.15) is 0 Å². The van der Waals surface area contributed by atoms with E-state index in [2.05, 4.69) is 4.98 Å². The summed E-state index contributed by atoms with van der Waals surface area (Å²) in [4.78, 5) is 16.6. The lowest BCUT2D eigenvalue weighted by Crippen LogP contribution is -2.07. The Hall–Kier alpha value is -2.64. The van der Waals surface area contributed by atoms with Gasteiger partial charge in [-0.15, -0.1) is 0 Å². The first-order chi connectivity index (χ1) is 14.3. The molecule has 0 spiro atoms. The van der Waals surface area contributed by atoms with Crippen LogP contribution >= 0.6 is 0 Å². The molecule has 0 bridgehead atoms. The van der Waals surface area contributed by atoms with E-state index in [4.69, 9.17) is 4.74 Å². The third-order valence-electron chi connectivity index (χ3n) is 4.88. The maximum absolute atomic E-state index is 12.4. The Balaban J connectivity index is 1.88. The highest BCUT2D eigenvalue weighted by molar-refractivity contribution is 5.93. The van der Waals surface area contributed by atoms with Gasteiger partial charge in [0.25, 0.3) is 12.2 Å². The fourth-order valence-corrected chi connectivity index (χ4v) is 2.96. The van der Waals surface area contributed by atoms with Crippen LogP contribution in [0.2, 0.25) is 0 Å². The lowest BCUT2D eigenvalue weighted by molar-refractivity contribution is 0.0498. The number of esters is 1. The fourth-order valence-electron chi connectivity index (χ4n) is 2.96. The summed E-state index contributed by atoms with van der Waals surface area (Å²) in [5, 5.41) is 0. The number of hydrogen-bond donors (Lipinski definition) is 0. The molecule has 0 radical (unpaired) electrons. The molecule has 1 heterocycles. The van der Waals surface area contributed by atoms with Crippen LogP contribution in [0, 0.1) is 0 Å². The maximum atomic E-state index is 12.4. The van der Waals surface area contributed by atoms with Crippen molar-refractivity contribution in [2.24, 2.45) is 0 Å². The molecule has 4 nitrogen and oxygen atoms in total. The molecule has 0 atom stereocenters. The second-order valence-electron chi connectivity index (χ2n) is 7.27. The number of carbonyl (C=O) groups excluding carboxylic acids is 1. The second-order valence-corrected chi connectivity index (χ2v) is 7.27. The van der Waals surface area contributed by atoms with Crippen LogP contribution in [-0.4, -0.2) is 22.1 Å². The van der Waals surface area contributed by atoms with Crippen LogP contribution in [0.1, 0.15) is 62.7 Å². The number of halogens is 4. The van der Waals surface area contributed by atoms with Crippen molar-refractivity contribution in [1.82, 2.24) is 9.55 Å². The molecule has 2 aromatic rings. The van der Waals surface area contributed by atoms with Crippen molar-refractivity contribution in [3.05, 3.63) is 53.4 Å². The predicted octanol–water partition coefficient (Wildman–Crippen LogP) is 6.87. The van der Waals surface area contributed by atoms with Crippen LogP contribution in [0.25, 0.3) is 11.0 Å². The lowest BCUT2D eigenvalue weighted by atomic mass is 10.1. The lowest BCUT2D eigenvalue weighted by Gasteiger charge is -2.07. The van der Waals surface area contributed by atoms with Crippen molar-refractivity contribution >= 4 is 17.0 Å².